The number of carboxylic acids is 1. The summed E-state index contributed by atoms with van der Waals surface area (Å²) in [7, 11) is 4.28. The first-order valence-electron chi connectivity index (χ1n) is 19.2. The molecule has 0 bridgehead atoms. The molecule has 2 rings (SSSR count). The summed E-state index contributed by atoms with van der Waals surface area (Å²) in [6, 6.07) is 11.6. The molecule has 0 saturated heterocycles. The minimum atomic E-state index is -1.65. The first-order valence-corrected chi connectivity index (χ1v) is 19.2. The predicted octanol–water partition coefficient (Wildman–Crippen LogP) is 4.03. The number of aliphatic carboxylic acids is 1. The van der Waals surface area contributed by atoms with Crippen LogP contribution >= 0.6 is 0 Å². The van der Waals surface area contributed by atoms with Crippen LogP contribution < -0.4 is 10.6 Å². The lowest BCUT2D eigenvalue weighted by Gasteiger charge is -2.37. The van der Waals surface area contributed by atoms with Crippen molar-refractivity contribution < 1.29 is 48.1 Å². The maximum atomic E-state index is 14.4. The molecule has 0 unspecified atom stereocenters. The van der Waals surface area contributed by atoms with E-state index in [1.54, 1.807) is 95.3 Å². The van der Waals surface area contributed by atoms with Crippen LogP contribution in [0.3, 0.4) is 0 Å². The fourth-order valence-electron chi connectivity index (χ4n) is 6.25. The van der Waals surface area contributed by atoms with Gasteiger partial charge in [0.15, 0.2) is 0 Å². The summed E-state index contributed by atoms with van der Waals surface area (Å²) >= 11 is 0. The van der Waals surface area contributed by atoms with Crippen LogP contribution in [0.2, 0.25) is 0 Å². The fraction of sp³-hybridized carbons (Fsp3) is 0.548. The van der Waals surface area contributed by atoms with Gasteiger partial charge in [0.05, 0.1) is 6.42 Å². The Labute approximate surface area is 336 Å². The van der Waals surface area contributed by atoms with Crippen LogP contribution in [-0.4, -0.2) is 118 Å². The Bertz CT molecular complexity index is 1680. The second kappa shape index (κ2) is 21.7. The minimum absolute atomic E-state index is 0.0429. The van der Waals surface area contributed by atoms with E-state index in [1.165, 1.54) is 42.8 Å². The number of nitrogens with zero attached hydrogens (tertiary/aromatic N) is 3. The van der Waals surface area contributed by atoms with Crippen LogP contribution in [0.1, 0.15) is 79.4 Å². The van der Waals surface area contributed by atoms with E-state index in [0.717, 1.165) is 0 Å². The molecular weight excluding hydrogens is 734 g/mol. The van der Waals surface area contributed by atoms with Crippen molar-refractivity contribution >= 4 is 41.7 Å². The van der Waals surface area contributed by atoms with Crippen LogP contribution in [0.15, 0.2) is 60.7 Å². The summed E-state index contributed by atoms with van der Waals surface area (Å²) < 4.78 is 10.7. The highest BCUT2D eigenvalue weighted by atomic mass is 16.6. The number of carboxylic acid groups (broad SMARTS) is 1. The molecular formula is C42H61N5O10. The van der Waals surface area contributed by atoms with E-state index < -0.39 is 89.8 Å². The number of amides is 5. The van der Waals surface area contributed by atoms with Gasteiger partial charge in [-0.3, -0.25) is 28.9 Å². The Morgan fingerprint density at radius 2 is 1.25 bits per heavy atom. The third kappa shape index (κ3) is 14.5. The van der Waals surface area contributed by atoms with Gasteiger partial charge in [-0.25, -0.2) is 9.59 Å². The predicted molar refractivity (Wildman–Crippen MR) is 213 cm³/mol. The molecule has 0 aliphatic carbocycles. The third-order valence-corrected chi connectivity index (χ3v) is 9.54. The van der Waals surface area contributed by atoms with Gasteiger partial charge in [0.2, 0.25) is 23.6 Å². The molecule has 5 amide bonds. The molecule has 0 aliphatic rings. The Kier molecular flexibility index (Phi) is 18.2. The first-order chi connectivity index (χ1) is 26.6. The third-order valence-electron chi connectivity index (χ3n) is 9.54. The van der Waals surface area contributed by atoms with E-state index >= 15 is 0 Å². The number of hydrogen-bond acceptors (Lipinski definition) is 9. The van der Waals surface area contributed by atoms with E-state index in [4.69, 9.17) is 9.47 Å². The average molecular weight is 796 g/mol. The van der Waals surface area contributed by atoms with Crippen molar-refractivity contribution in [2.24, 2.45) is 11.8 Å². The molecule has 0 aromatic heterocycles. The average Bonchev–Trinajstić information content (AvgIpc) is 3.14. The standard InChI is InChI=1S/C42H61N5O10/c1-12-27(4)35(47(11)41(55)57-42(6,7)8)37(50)43-28(5)38(51)45(9)32(23-29-19-15-13-16-20-29)39(52)46(10)34(26(2)3)36(49)44-31(40(53)54)24-33(48)56-25-30-21-17-14-18-22-30/h13-22,26-28,31-32,34-35H,12,23-25H2,1-11H3,(H,43,50)(H,44,49)(H,53,54)/t27-,28-,31-,32-,34-,35-/m0/s1. The number of ether oxygens (including phenoxy) is 2. The normalized spacial score (nSPS) is 14.5. The van der Waals surface area contributed by atoms with Crippen molar-refractivity contribution in [2.75, 3.05) is 21.1 Å². The summed E-state index contributed by atoms with van der Waals surface area (Å²) in [5.74, 6) is -5.78. The number of rotatable bonds is 19. The van der Waals surface area contributed by atoms with Crippen molar-refractivity contribution in [3.8, 4) is 0 Å². The monoisotopic (exact) mass is 795 g/mol. The summed E-state index contributed by atoms with van der Waals surface area (Å²) in [6.45, 7) is 13.6. The van der Waals surface area contributed by atoms with E-state index in [0.29, 0.717) is 17.5 Å². The van der Waals surface area contributed by atoms with Crippen LogP contribution in [0.25, 0.3) is 0 Å². The van der Waals surface area contributed by atoms with Gasteiger partial charge in [-0.1, -0.05) is 94.8 Å². The van der Waals surface area contributed by atoms with Crippen LogP contribution in [-0.2, 0) is 51.3 Å². The molecule has 0 heterocycles. The number of carbonyl (C=O) groups excluding carboxylic acids is 6. The smallest absolute Gasteiger partial charge is 0.410 e. The largest absolute Gasteiger partial charge is 0.480 e. The van der Waals surface area contributed by atoms with Gasteiger partial charge >= 0.3 is 18.0 Å². The Hall–Kier alpha value is -5.47. The molecule has 314 valence electrons. The van der Waals surface area contributed by atoms with Gasteiger partial charge in [-0.05, 0) is 50.7 Å². The van der Waals surface area contributed by atoms with Gasteiger partial charge < -0.3 is 35.0 Å². The highest BCUT2D eigenvalue weighted by molar-refractivity contribution is 5.96. The molecule has 15 heteroatoms. The second-order valence-electron chi connectivity index (χ2n) is 15.7. The summed E-state index contributed by atoms with van der Waals surface area (Å²) in [6.07, 6.45) is -0.763. The molecule has 6 atom stereocenters. The SMILES string of the molecule is CC[C@H](C)[C@@H](C(=O)N[C@@H](C)C(=O)N(C)[C@@H](Cc1ccccc1)C(=O)N(C)[C@H](C(=O)N[C@@H](CC(=O)OCc1ccccc1)C(=O)O)C(C)C)N(C)C(=O)OC(C)(C)C. The zero-order valence-electron chi connectivity index (χ0n) is 35.1. The van der Waals surface area contributed by atoms with E-state index in [2.05, 4.69) is 10.6 Å². The number of benzene rings is 2. The molecule has 0 spiro atoms. The molecule has 0 saturated carbocycles. The fourth-order valence-corrected chi connectivity index (χ4v) is 6.25. The Morgan fingerprint density at radius 1 is 0.719 bits per heavy atom. The molecule has 2 aromatic carbocycles. The summed E-state index contributed by atoms with van der Waals surface area (Å²) in [4.78, 5) is 97.3. The zero-order valence-corrected chi connectivity index (χ0v) is 35.1. The maximum absolute atomic E-state index is 14.4. The van der Waals surface area contributed by atoms with Crippen molar-refractivity contribution in [2.45, 2.75) is 117 Å². The van der Waals surface area contributed by atoms with Crippen molar-refractivity contribution in [1.29, 1.82) is 0 Å². The van der Waals surface area contributed by atoms with E-state index in [-0.39, 0.29) is 18.9 Å². The highest BCUT2D eigenvalue weighted by Crippen LogP contribution is 2.20. The molecule has 15 nitrogen and oxygen atoms in total. The van der Waals surface area contributed by atoms with Gasteiger partial charge in [-0.2, -0.15) is 0 Å². The lowest BCUT2D eigenvalue weighted by Crippen LogP contribution is -2.60. The number of esters is 1. The molecule has 2 aromatic rings. The second-order valence-corrected chi connectivity index (χ2v) is 15.7. The van der Waals surface area contributed by atoms with Crippen molar-refractivity contribution in [3.63, 3.8) is 0 Å². The molecule has 3 N–H and O–H groups in total. The Balaban J connectivity index is 2.33. The first kappa shape index (κ1) is 47.7. The molecule has 0 fully saturated rings. The van der Waals surface area contributed by atoms with E-state index in [9.17, 15) is 38.7 Å². The van der Waals surface area contributed by atoms with Crippen molar-refractivity contribution in [1.82, 2.24) is 25.3 Å². The van der Waals surface area contributed by atoms with Crippen LogP contribution in [0, 0.1) is 11.8 Å². The van der Waals surface area contributed by atoms with Crippen LogP contribution in [0.5, 0.6) is 0 Å². The quantitative estimate of drug-likeness (QED) is 0.175. The molecule has 0 aliphatic heterocycles. The van der Waals surface area contributed by atoms with Crippen LogP contribution in [0.4, 0.5) is 4.79 Å². The van der Waals surface area contributed by atoms with E-state index in [1.807, 2.05) is 13.8 Å². The maximum Gasteiger partial charge on any atom is 0.410 e. The van der Waals surface area contributed by atoms with Crippen molar-refractivity contribution in [3.05, 3.63) is 71.8 Å². The number of carbonyl (C=O) groups is 7. The van der Waals surface area contributed by atoms with Gasteiger partial charge in [0.25, 0.3) is 0 Å². The molecule has 57 heavy (non-hydrogen) atoms. The zero-order chi connectivity index (χ0) is 43.2. The topological polar surface area (TPSA) is 192 Å². The lowest BCUT2D eigenvalue weighted by molar-refractivity contribution is -0.153. The summed E-state index contributed by atoms with van der Waals surface area (Å²) in [5.41, 5.74) is 0.612. The highest BCUT2D eigenvalue weighted by Gasteiger charge is 2.40. The summed E-state index contributed by atoms with van der Waals surface area (Å²) in [5, 5.41) is 15.0. The minimum Gasteiger partial charge on any atom is -0.480 e. The molecule has 0 radical (unpaired) electrons. The number of likely N-dealkylation sites (N-methyl/N-ethyl adjacent to an activating group) is 3. The van der Waals surface area contributed by atoms with Gasteiger partial charge in [0.1, 0.15) is 42.4 Å². The van der Waals surface area contributed by atoms with Gasteiger partial charge in [0, 0.05) is 27.6 Å². The lowest BCUT2D eigenvalue weighted by atomic mass is 9.96. The number of nitrogens with one attached hydrogen (secondary N) is 2. The van der Waals surface area contributed by atoms with Gasteiger partial charge in [-0.15, -0.1) is 0 Å². The Morgan fingerprint density at radius 3 is 1.74 bits per heavy atom. The number of hydrogen-bond donors (Lipinski definition) is 3.